The number of hydrogen-bond donors (Lipinski definition) is 0. The second-order valence-corrected chi connectivity index (χ2v) is 5.85. The number of hydrogen-bond acceptors (Lipinski definition) is 4. The molecule has 0 aliphatic heterocycles. The lowest BCUT2D eigenvalue weighted by Crippen LogP contribution is -2.00. The summed E-state index contributed by atoms with van der Waals surface area (Å²) in [5, 5.41) is 0.535. The summed E-state index contributed by atoms with van der Waals surface area (Å²) in [7, 11) is 3.20. The number of halogens is 1. The maximum atomic E-state index is 12.3. The molecule has 3 aromatic rings. The summed E-state index contributed by atoms with van der Waals surface area (Å²) in [5.41, 5.74) is 1.25. The van der Waals surface area contributed by atoms with E-state index < -0.39 is 0 Å². The van der Waals surface area contributed by atoms with Crippen LogP contribution in [0, 0.1) is 3.57 Å². The van der Waals surface area contributed by atoms with E-state index >= 15 is 0 Å². The van der Waals surface area contributed by atoms with E-state index in [1.165, 1.54) is 6.07 Å². The second kappa shape index (κ2) is 6.00. The molecule has 4 nitrogen and oxygen atoms in total. The van der Waals surface area contributed by atoms with Gasteiger partial charge in [0.2, 0.25) is 0 Å². The predicted molar refractivity (Wildman–Crippen MR) is 93.7 cm³/mol. The summed E-state index contributed by atoms with van der Waals surface area (Å²) in [5.74, 6) is 1.96. The van der Waals surface area contributed by atoms with Gasteiger partial charge in [0, 0.05) is 17.7 Å². The molecular weight excluding hydrogens is 395 g/mol. The lowest BCUT2D eigenvalue weighted by Gasteiger charge is -2.07. The molecule has 0 saturated heterocycles. The molecular formula is C17H13IO4. The standard InChI is InChI=1S/C17H13IO4/c1-20-11-4-5-12-14(19)9-16(22-17(12)8-11)10-3-6-15(21-2)13(18)7-10/h3-9H,1-2H3. The smallest absolute Gasteiger partial charge is 0.193 e. The zero-order chi connectivity index (χ0) is 15.7. The monoisotopic (exact) mass is 408 g/mol. The maximum absolute atomic E-state index is 12.3. The molecule has 0 amide bonds. The van der Waals surface area contributed by atoms with Crippen LogP contribution in [0.15, 0.2) is 51.7 Å². The van der Waals surface area contributed by atoms with E-state index in [0.29, 0.717) is 22.5 Å². The Morgan fingerprint density at radius 2 is 1.82 bits per heavy atom. The first-order valence-corrected chi connectivity index (χ1v) is 7.66. The van der Waals surface area contributed by atoms with Gasteiger partial charge in [-0.05, 0) is 52.9 Å². The van der Waals surface area contributed by atoms with Crippen LogP contribution >= 0.6 is 22.6 Å². The van der Waals surface area contributed by atoms with Crippen molar-refractivity contribution in [1.82, 2.24) is 0 Å². The Bertz CT molecular complexity index is 899. The Kier molecular flexibility index (Phi) is 4.06. The fraction of sp³-hybridized carbons (Fsp3) is 0.118. The van der Waals surface area contributed by atoms with E-state index in [1.807, 2.05) is 18.2 Å². The average Bonchev–Trinajstić information content (AvgIpc) is 2.54. The topological polar surface area (TPSA) is 48.7 Å². The molecule has 0 aliphatic carbocycles. The summed E-state index contributed by atoms with van der Waals surface area (Å²) in [4.78, 5) is 12.3. The minimum absolute atomic E-state index is 0.0790. The molecule has 3 rings (SSSR count). The summed E-state index contributed by atoms with van der Waals surface area (Å²) < 4.78 is 17.2. The van der Waals surface area contributed by atoms with Crippen molar-refractivity contribution >= 4 is 33.6 Å². The van der Waals surface area contributed by atoms with Gasteiger partial charge in [-0.1, -0.05) is 0 Å². The zero-order valence-electron chi connectivity index (χ0n) is 12.1. The highest BCUT2D eigenvalue weighted by Crippen LogP contribution is 2.29. The number of fused-ring (bicyclic) bond motifs is 1. The van der Waals surface area contributed by atoms with Gasteiger partial charge >= 0.3 is 0 Å². The Hall–Kier alpha value is -2.02. The quantitative estimate of drug-likeness (QED) is 0.613. The Morgan fingerprint density at radius 1 is 1.00 bits per heavy atom. The van der Waals surface area contributed by atoms with Crippen LogP contribution in [0.4, 0.5) is 0 Å². The van der Waals surface area contributed by atoms with Gasteiger partial charge in [-0.15, -0.1) is 0 Å². The molecule has 2 aromatic carbocycles. The van der Waals surface area contributed by atoms with E-state index in [9.17, 15) is 4.79 Å². The minimum Gasteiger partial charge on any atom is -0.497 e. The summed E-state index contributed by atoms with van der Waals surface area (Å²) in [6.45, 7) is 0. The number of benzene rings is 2. The van der Waals surface area contributed by atoms with Crippen molar-refractivity contribution in [3.63, 3.8) is 0 Å². The lowest BCUT2D eigenvalue weighted by atomic mass is 10.1. The average molecular weight is 408 g/mol. The highest BCUT2D eigenvalue weighted by molar-refractivity contribution is 14.1. The van der Waals surface area contributed by atoms with Crippen molar-refractivity contribution < 1.29 is 13.9 Å². The third-order valence-corrected chi connectivity index (χ3v) is 4.22. The molecule has 0 unspecified atom stereocenters. The lowest BCUT2D eigenvalue weighted by molar-refractivity contribution is 0.412. The fourth-order valence-electron chi connectivity index (χ4n) is 2.22. The first-order chi connectivity index (χ1) is 10.6. The molecule has 0 aliphatic rings. The number of rotatable bonds is 3. The van der Waals surface area contributed by atoms with Gasteiger partial charge in [0.15, 0.2) is 5.43 Å². The van der Waals surface area contributed by atoms with Crippen LogP contribution in [0.1, 0.15) is 0 Å². The number of ether oxygens (including phenoxy) is 2. The van der Waals surface area contributed by atoms with E-state index in [2.05, 4.69) is 22.6 Å². The van der Waals surface area contributed by atoms with Gasteiger partial charge in [0.1, 0.15) is 22.8 Å². The van der Waals surface area contributed by atoms with Crippen LogP contribution in [0.3, 0.4) is 0 Å². The van der Waals surface area contributed by atoms with E-state index in [1.54, 1.807) is 32.4 Å². The highest BCUT2D eigenvalue weighted by atomic mass is 127. The van der Waals surface area contributed by atoms with Crippen molar-refractivity contribution in [1.29, 1.82) is 0 Å². The maximum Gasteiger partial charge on any atom is 0.193 e. The van der Waals surface area contributed by atoms with Crippen molar-refractivity contribution in [3.05, 3.63) is 56.3 Å². The predicted octanol–water partition coefficient (Wildman–Crippen LogP) is 4.08. The van der Waals surface area contributed by atoms with E-state index in [0.717, 1.165) is 14.9 Å². The van der Waals surface area contributed by atoms with Crippen LogP contribution in [-0.4, -0.2) is 14.2 Å². The number of methoxy groups -OCH3 is 2. The van der Waals surface area contributed by atoms with Crippen LogP contribution in [0.25, 0.3) is 22.3 Å². The van der Waals surface area contributed by atoms with Gasteiger partial charge in [0.05, 0.1) is 23.2 Å². The summed E-state index contributed by atoms with van der Waals surface area (Å²) >= 11 is 2.19. The van der Waals surface area contributed by atoms with Crippen LogP contribution < -0.4 is 14.9 Å². The molecule has 0 N–H and O–H groups in total. The molecule has 0 radical (unpaired) electrons. The first kappa shape index (κ1) is 14.9. The van der Waals surface area contributed by atoms with Gasteiger partial charge in [-0.3, -0.25) is 4.79 Å². The molecule has 1 aromatic heterocycles. The Balaban J connectivity index is 2.18. The van der Waals surface area contributed by atoms with Gasteiger partial charge < -0.3 is 13.9 Å². The molecule has 1 heterocycles. The van der Waals surface area contributed by atoms with E-state index in [4.69, 9.17) is 13.9 Å². The second-order valence-electron chi connectivity index (χ2n) is 4.69. The van der Waals surface area contributed by atoms with Gasteiger partial charge in [-0.25, -0.2) is 0 Å². The van der Waals surface area contributed by atoms with Gasteiger partial charge in [0.25, 0.3) is 0 Å². The largest absolute Gasteiger partial charge is 0.497 e. The van der Waals surface area contributed by atoms with E-state index in [-0.39, 0.29) is 5.43 Å². The molecule has 0 saturated carbocycles. The van der Waals surface area contributed by atoms with Crippen LogP contribution in [-0.2, 0) is 0 Å². The van der Waals surface area contributed by atoms with Crippen molar-refractivity contribution in [2.24, 2.45) is 0 Å². The fourth-order valence-corrected chi connectivity index (χ4v) is 2.96. The summed E-state index contributed by atoms with van der Waals surface area (Å²) in [6.07, 6.45) is 0. The van der Waals surface area contributed by atoms with Crippen LogP contribution in [0.5, 0.6) is 11.5 Å². The third-order valence-electron chi connectivity index (χ3n) is 3.37. The first-order valence-electron chi connectivity index (χ1n) is 6.58. The molecule has 0 spiro atoms. The van der Waals surface area contributed by atoms with Crippen LogP contribution in [0.2, 0.25) is 0 Å². The molecule has 0 atom stereocenters. The zero-order valence-corrected chi connectivity index (χ0v) is 14.2. The normalized spacial score (nSPS) is 10.7. The Labute approximate surface area is 140 Å². The molecule has 0 bridgehead atoms. The molecule has 5 heteroatoms. The molecule has 0 fully saturated rings. The minimum atomic E-state index is -0.0790. The highest BCUT2D eigenvalue weighted by Gasteiger charge is 2.10. The van der Waals surface area contributed by atoms with Crippen molar-refractivity contribution in [2.75, 3.05) is 14.2 Å². The van der Waals surface area contributed by atoms with Gasteiger partial charge in [-0.2, -0.15) is 0 Å². The SMILES string of the molecule is COc1ccc2c(=O)cc(-c3ccc(OC)c(I)c3)oc2c1. The molecule has 22 heavy (non-hydrogen) atoms. The summed E-state index contributed by atoms with van der Waals surface area (Å²) in [6, 6.07) is 12.3. The van der Waals surface area contributed by atoms with Crippen molar-refractivity contribution in [2.45, 2.75) is 0 Å². The Morgan fingerprint density at radius 3 is 2.50 bits per heavy atom. The third kappa shape index (κ3) is 2.68. The van der Waals surface area contributed by atoms with Crippen molar-refractivity contribution in [3.8, 4) is 22.8 Å². The molecule has 112 valence electrons.